The predicted molar refractivity (Wildman–Crippen MR) is 62.1 cm³/mol. The molecule has 0 atom stereocenters. The first-order valence-corrected chi connectivity index (χ1v) is 3.95. The molecule has 0 aromatic heterocycles. The summed E-state index contributed by atoms with van der Waals surface area (Å²) in [5.41, 5.74) is 0. The molecule has 0 amide bonds. The Morgan fingerprint density at radius 3 is 0.913 bits per heavy atom. The first-order chi connectivity index (χ1) is 10.3. The van der Waals surface area contributed by atoms with E-state index in [0.29, 0.717) is 0 Å². The molecule has 0 aliphatic heterocycles. The zero-order valence-electron chi connectivity index (χ0n) is 11.7. The summed E-state index contributed by atoms with van der Waals surface area (Å²) in [6.45, 7) is 35.2. The van der Waals surface area contributed by atoms with Gasteiger partial charge in [-0.15, -0.1) is 6.92 Å². The second-order valence-electron chi connectivity index (χ2n) is 1.23. The Bertz CT molecular complexity index is 274. The normalized spacial score (nSPS) is 4.61. The average Bonchev–Trinajstić information content (AvgIpc) is 2.65. The van der Waals surface area contributed by atoms with Gasteiger partial charge in [-0.2, -0.15) is 0 Å². The summed E-state index contributed by atoms with van der Waals surface area (Å²) in [5, 5.41) is 0. The molecule has 0 rings (SSSR count). The second kappa shape index (κ2) is 320. The maximum absolute atomic E-state index is 7.50. The van der Waals surface area contributed by atoms with Crippen molar-refractivity contribution in [3.63, 3.8) is 0 Å². The predicted octanol–water partition coefficient (Wildman–Crippen LogP) is 1.55. The molecule has 0 spiro atoms. The standard InChI is InChI=1S/C6H9S.7CO.2Re/c1-3-4-5-6(2)7;7*1-2;;/h4-5,7H,1-2H3;;;;;;;;;/q-1;;;;;;;;;/p-1/b6-5-;;;;;;;;;. The van der Waals surface area contributed by atoms with Gasteiger partial charge in [0.2, 0.25) is 0 Å². The summed E-state index contributed by atoms with van der Waals surface area (Å²) >= 11 is 4.73. The van der Waals surface area contributed by atoms with E-state index in [4.69, 9.17) is 45.2 Å². The molecule has 0 unspecified atom stereocenters. The van der Waals surface area contributed by atoms with Gasteiger partial charge >= 0.3 is 79.1 Å². The number of hydrogen-bond donors (Lipinski definition) is 0. The van der Waals surface area contributed by atoms with E-state index in [0.717, 1.165) is 4.91 Å². The summed E-state index contributed by atoms with van der Waals surface area (Å²) in [6.07, 6.45) is 6.48. The molecular formula is C13H8O7Re2S-2. The summed E-state index contributed by atoms with van der Waals surface area (Å²) in [7, 11) is 0. The molecular weight excluding hydrogens is 673 g/mol. The Kier molecular flexibility index (Phi) is 931. The zero-order valence-corrected chi connectivity index (χ0v) is 17.9. The van der Waals surface area contributed by atoms with E-state index >= 15 is 0 Å². The van der Waals surface area contributed by atoms with Crippen molar-refractivity contribution in [2.45, 2.75) is 13.8 Å². The Balaban J connectivity index is -0.0000000115. The van der Waals surface area contributed by atoms with E-state index in [9.17, 15) is 0 Å². The van der Waals surface area contributed by atoms with Gasteiger partial charge in [-0.05, 0) is 0 Å². The summed E-state index contributed by atoms with van der Waals surface area (Å²) in [6, 6.07) is 0. The molecule has 0 bridgehead atoms. The summed E-state index contributed by atoms with van der Waals surface area (Å²) in [4.78, 5) is 0.898. The summed E-state index contributed by atoms with van der Waals surface area (Å²) in [5.74, 6) is 0. The molecule has 0 heterocycles. The molecule has 0 saturated carbocycles. The maximum atomic E-state index is 7.50. The molecule has 0 aliphatic carbocycles. The van der Waals surface area contributed by atoms with E-state index in [1.807, 2.05) is 26.0 Å². The molecule has 0 aliphatic rings. The monoisotopic (exact) mass is 682 g/mol. The van der Waals surface area contributed by atoms with Gasteiger partial charge in [-0.1, -0.05) is 6.92 Å². The molecule has 0 aromatic rings. The largest absolute Gasteiger partial charge is 0 e. The minimum absolute atomic E-state index is 0. The van der Waals surface area contributed by atoms with Crippen LogP contribution in [0.1, 0.15) is 13.8 Å². The first kappa shape index (κ1) is 67.0. The van der Waals surface area contributed by atoms with Crippen LogP contribution in [0.3, 0.4) is 0 Å². The number of hydrogen-bond acceptors (Lipinski definition) is 1. The number of allylic oxidation sites excluding steroid dienone is 4. The van der Waals surface area contributed by atoms with E-state index in [2.05, 4.69) is 52.6 Å². The van der Waals surface area contributed by atoms with Gasteiger partial charge in [0, 0.05) is 40.8 Å². The smallest absolute Gasteiger partial charge is 0 e. The maximum Gasteiger partial charge on any atom is 0 e. The van der Waals surface area contributed by atoms with Gasteiger partial charge in [0.15, 0.2) is 0 Å². The SMILES string of the molecule is C[C-]=C/C=C(/C)[S-].[C-]#[O+].[C-]#[O+].[C-]#[O+].[C-]#[O+].[C-]#[O+].[C-]#[O+].[C-]#[O+].[Re].[Re]. The van der Waals surface area contributed by atoms with Crippen molar-refractivity contribution < 1.29 is 73.4 Å². The van der Waals surface area contributed by atoms with Crippen LogP contribution in [0.25, 0.3) is 0 Å². The summed E-state index contributed by atoms with van der Waals surface area (Å²) < 4.78 is 52.5. The molecule has 0 fully saturated rings. The second-order valence-corrected chi connectivity index (χ2v) is 1.88. The quantitative estimate of drug-likeness (QED) is 0.177. The van der Waals surface area contributed by atoms with Crippen molar-refractivity contribution >= 4 is 12.6 Å². The molecule has 10 heteroatoms. The van der Waals surface area contributed by atoms with E-state index in [1.165, 1.54) is 0 Å². The van der Waals surface area contributed by atoms with Crippen LogP contribution in [-0.4, -0.2) is 0 Å². The number of rotatable bonds is 1. The fraction of sp³-hybridized carbons (Fsp3) is 0.154. The van der Waals surface area contributed by atoms with Gasteiger partial charge in [-0.3, -0.25) is 11.0 Å². The van der Waals surface area contributed by atoms with Crippen molar-refractivity contribution in [1.82, 2.24) is 0 Å². The third-order valence-corrected chi connectivity index (χ3v) is 0.621. The van der Waals surface area contributed by atoms with E-state index in [-0.39, 0.29) is 40.8 Å². The molecule has 0 N–H and O–H groups in total. The van der Waals surface area contributed by atoms with Gasteiger partial charge in [-0.25, -0.2) is 12.2 Å². The minimum Gasteiger partial charge on any atom is 0 e. The van der Waals surface area contributed by atoms with Crippen LogP contribution in [0, 0.1) is 52.6 Å². The molecule has 124 valence electrons. The average molecular weight is 681 g/mol. The third-order valence-electron chi connectivity index (χ3n) is 0.485. The minimum atomic E-state index is 0. The molecule has 7 nitrogen and oxygen atoms in total. The van der Waals surface area contributed by atoms with Gasteiger partial charge in [0.25, 0.3) is 0 Å². The van der Waals surface area contributed by atoms with Gasteiger partial charge < -0.3 is 12.6 Å². The molecule has 0 aromatic carbocycles. The van der Waals surface area contributed by atoms with Crippen LogP contribution >= 0.6 is 0 Å². The van der Waals surface area contributed by atoms with Crippen molar-refractivity contribution in [3.05, 3.63) is 69.7 Å². The van der Waals surface area contributed by atoms with Crippen molar-refractivity contribution in [1.29, 1.82) is 0 Å². The topological polar surface area (TPSA) is 139 Å². The van der Waals surface area contributed by atoms with E-state index in [1.54, 1.807) is 0 Å². The van der Waals surface area contributed by atoms with Crippen molar-refractivity contribution in [2.75, 3.05) is 0 Å². The fourth-order valence-electron chi connectivity index (χ4n) is 0.201. The Hall–Kier alpha value is -0.795. The van der Waals surface area contributed by atoms with Crippen LogP contribution in [-0.2, 0) is 86.0 Å². The Labute approximate surface area is 169 Å². The van der Waals surface area contributed by atoms with Gasteiger partial charge in [0.05, 0.1) is 0 Å². The fourth-order valence-corrected chi connectivity index (χ4v) is 0.269. The van der Waals surface area contributed by atoms with Crippen LogP contribution in [0.4, 0.5) is 0 Å². The zero-order chi connectivity index (χ0) is 19.7. The van der Waals surface area contributed by atoms with Crippen molar-refractivity contribution in [2.24, 2.45) is 0 Å². The van der Waals surface area contributed by atoms with Gasteiger partial charge in [0.1, 0.15) is 0 Å². The molecule has 23 heavy (non-hydrogen) atoms. The Morgan fingerprint density at radius 2 is 0.870 bits per heavy atom. The molecule has 2 radical (unpaired) electrons. The van der Waals surface area contributed by atoms with Crippen LogP contribution in [0.2, 0.25) is 0 Å². The van der Waals surface area contributed by atoms with Crippen LogP contribution < -0.4 is 0 Å². The van der Waals surface area contributed by atoms with E-state index < -0.39 is 0 Å². The molecule has 0 saturated heterocycles. The van der Waals surface area contributed by atoms with Crippen LogP contribution in [0.15, 0.2) is 17.1 Å². The Morgan fingerprint density at radius 1 is 0.696 bits per heavy atom. The third kappa shape index (κ3) is 762. The first-order valence-electron chi connectivity index (χ1n) is 3.54. The van der Waals surface area contributed by atoms with Crippen molar-refractivity contribution in [3.8, 4) is 0 Å². The van der Waals surface area contributed by atoms with Crippen LogP contribution in [0.5, 0.6) is 0 Å².